The molecule has 6 nitrogen and oxygen atoms in total. The van der Waals surface area contributed by atoms with E-state index < -0.39 is 5.91 Å². The van der Waals surface area contributed by atoms with Crippen molar-refractivity contribution in [2.75, 3.05) is 18.2 Å². The lowest BCUT2D eigenvalue weighted by Gasteiger charge is -2.12. The molecule has 0 aromatic carbocycles. The summed E-state index contributed by atoms with van der Waals surface area (Å²) in [5.41, 5.74) is 5.35. The van der Waals surface area contributed by atoms with E-state index in [-0.39, 0.29) is 0 Å². The van der Waals surface area contributed by atoms with Gasteiger partial charge in [-0.1, -0.05) is 0 Å². The van der Waals surface area contributed by atoms with Gasteiger partial charge in [0, 0.05) is 12.4 Å². The van der Waals surface area contributed by atoms with E-state index in [4.69, 9.17) is 10.6 Å². The Kier molecular flexibility index (Phi) is 2.28. The molecule has 0 bridgehead atoms. The van der Waals surface area contributed by atoms with E-state index in [1.54, 1.807) is 5.06 Å². The number of primary amides is 1. The summed E-state index contributed by atoms with van der Waals surface area (Å²) in [5.74, 6) is -0.0635. The Balaban J connectivity index is 2.16. The first-order valence-corrected chi connectivity index (χ1v) is 4.29. The zero-order valence-electron chi connectivity index (χ0n) is 7.51. The SMILES string of the molecule is NC(=O)c1cnc(N2CCCO2)nc1. The number of carbonyl (C=O) groups is 1. The molecule has 2 heterocycles. The van der Waals surface area contributed by atoms with Crippen LogP contribution in [0.15, 0.2) is 12.4 Å². The van der Waals surface area contributed by atoms with Gasteiger partial charge < -0.3 is 5.73 Å². The van der Waals surface area contributed by atoms with Crippen LogP contribution in [0.5, 0.6) is 0 Å². The van der Waals surface area contributed by atoms with E-state index in [0.717, 1.165) is 13.0 Å². The van der Waals surface area contributed by atoms with E-state index in [1.807, 2.05) is 0 Å². The fourth-order valence-corrected chi connectivity index (χ4v) is 1.18. The Bertz CT molecular complexity index is 332. The number of rotatable bonds is 2. The second kappa shape index (κ2) is 3.59. The summed E-state index contributed by atoms with van der Waals surface area (Å²) in [6.07, 6.45) is 3.75. The summed E-state index contributed by atoms with van der Waals surface area (Å²) in [5, 5.41) is 1.60. The number of aromatic nitrogens is 2. The molecule has 2 N–H and O–H groups in total. The third-order valence-corrected chi connectivity index (χ3v) is 1.90. The molecule has 6 heteroatoms. The van der Waals surface area contributed by atoms with Crippen LogP contribution >= 0.6 is 0 Å². The molecule has 1 aromatic rings. The largest absolute Gasteiger partial charge is 0.366 e. The van der Waals surface area contributed by atoms with E-state index >= 15 is 0 Å². The average Bonchev–Trinajstić information content (AvgIpc) is 2.71. The van der Waals surface area contributed by atoms with E-state index in [0.29, 0.717) is 18.1 Å². The molecule has 1 saturated heterocycles. The van der Waals surface area contributed by atoms with Crippen molar-refractivity contribution in [3.8, 4) is 0 Å². The van der Waals surface area contributed by atoms with Crippen molar-refractivity contribution in [3.63, 3.8) is 0 Å². The van der Waals surface area contributed by atoms with Crippen LogP contribution in [0.25, 0.3) is 0 Å². The quantitative estimate of drug-likeness (QED) is 0.700. The molecule has 74 valence electrons. The fraction of sp³-hybridized carbons (Fsp3) is 0.375. The third-order valence-electron chi connectivity index (χ3n) is 1.90. The normalized spacial score (nSPS) is 15.9. The maximum Gasteiger partial charge on any atom is 0.251 e. The molecular weight excluding hydrogens is 184 g/mol. The lowest BCUT2D eigenvalue weighted by atomic mass is 10.3. The minimum Gasteiger partial charge on any atom is -0.366 e. The van der Waals surface area contributed by atoms with Gasteiger partial charge in [0.1, 0.15) is 0 Å². The predicted molar refractivity (Wildman–Crippen MR) is 48.5 cm³/mol. The van der Waals surface area contributed by atoms with Crippen LogP contribution in [0, 0.1) is 0 Å². The van der Waals surface area contributed by atoms with Crippen molar-refractivity contribution in [3.05, 3.63) is 18.0 Å². The van der Waals surface area contributed by atoms with Gasteiger partial charge in [-0.2, -0.15) is 0 Å². The van der Waals surface area contributed by atoms with E-state index in [9.17, 15) is 4.79 Å². The highest BCUT2D eigenvalue weighted by molar-refractivity contribution is 5.92. The average molecular weight is 194 g/mol. The van der Waals surface area contributed by atoms with Crippen LogP contribution in [0.2, 0.25) is 0 Å². The molecule has 2 rings (SSSR count). The second-order valence-corrected chi connectivity index (χ2v) is 2.92. The topological polar surface area (TPSA) is 81.3 Å². The van der Waals surface area contributed by atoms with Crippen LogP contribution in [0.1, 0.15) is 16.8 Å². The summed E-state index contributed by atoms with van der Waals surface area (Å²) in [7, 11) is 0. The number of amides is 1. The van der Waals surface area contributed by atoms with Crippen LogP contribution in [0.4, 0.5) is 5.95 Å². The van der Waals surface area contributed by atoms with Crippen molar-refractivity contribution in [2.24, 2.45) is 5.73 Å². The molecule has 1 amide bonds. The highest BCUT2D eigenvalue weighted by Crippen LogP contribution is 2.12. The minimum absolute atomic E-state index is 0.299. The van der Waals surface area contributed by atoms with Gasteiger partial charge in [-0.25, -0.2) is 15.0 Å². The summed E-state index contributed by atoms with van der Waals surface area (Å²) in [6, 6.07) is 0. The first-order valence-electron chi connectivity index (χ1n) is 4.29. The lowest BCUT2D eigenvalue weighted by Crippen LogP contribution is -2.20. The first kappa shape index (κ1) is 8.89. The molecule has 0 saturated carbocycles. The molecule has 0 radical (unpaired) electrons. The van der Waals surface area contributed by atoms with Crippen LogP contribution in [0.3, 0.4) is 0 Å². The maximum absolute atomic E-state index is 10.7. The van der Waals surface area contributed by atoms with Crippen molar-refractivity contribution in [1.29, 1.82) is 0 Å². The van der Waals surface area contributed by atoms with Crippen molar-refractivity contribution >= 4 is 11.9 Å². The number of hydrogen-bond donors (Lipinski definition) is 1. The van der Waals surface area contributed by atoms with E-state index in [2.05, 4.69) is 9.97 Å². The van der Waals surface area contributed by atoms with Gasteiger partial charge in [0.2, 0.25) is 5.95 Å². The van der Waals surface area contributed by atoms with Gasteiger partial charge in [0.05, 0.1) is 18.7 Å². The van der Waals surface area contributed by atoms with Crippen molar-refractivity contribution < 1.29 is 9.63 Å². The Morgan fingerprint density at radius 2 is 2.21 bits per heavy atom. The van der Waals surface area contributed by atoms with Gasteiger partial charge in [-0.15, -0.1) is 0 Å². The van der Waals surface area contributed by atoms with Gasteiger partial charge in [-0.05, 0) is 6.42 Å². The second-order valence-electron chi connectivity index (χ2n) is 2.92. The maximum atomic E-state index is 10.7. The highest BCUT2D eigenvalue weighted by atomic mass is 16.7. The summed E-state index contributed by atoms with van der Waals surface area (Å²) < 4.78 is 0. The Labute approximate surface area is 80.7 Å². The van der Waals surface area contributed by atoms with Gasteiger partial charge in [-0.3, -0.25) is 9.63 Å². The van der Waals surface area contributed by atoms with Crippen LogP contribution < -0.4 is 10.8 Å². The molecule has 0 spiro atoms. The lowest BCUT2D eigenvalue weighted by molar-refractivity contribution is 0.0999. The fourth-order valence-electron chi connectivity index (χ4n) is 1.18. The van der Waals surface area contributed by atoms with Crippen molar-refractivity contribution in [2.45, 2.75) is 6.42 Å². The number of nitrogens with zero attached hydrogens (tertiary/aromatic N) is 3. The molecule has 1 aliphatic heterocycles. The number of hydrogen-bond acceptors (Lipinski definition) is 5. The molecule has 1 aromatic heterocycles. The van der Waals surface area contributed by atoms with Crippen LogP contribution in [-0.4, -0.2) is 29.0 Å². The Hall–Kier alpha value is -1.69. The zero-order chi connectivity index (χ0) is 9.97. The van der Waals surface area contributed by atoms with Crippen molar-refractivity contribution in [1.82, 2.24) is 9.97 Å². The summed E-state index contributed by atoms with van der Waals surface area (Å²) >= 11 is 0. The monoisotopic (exact) mass is 194 g/mol. The molecule has 0 aliphatic carbocycles. The Morgan fingerprint density at radius 3 is 2.71 bits per heavy atom. The summed E-state index contributed by atoms with van der Waals surface area (Å²) in [4.78, 5) is 23.9. The smallest absolute Gasteiger partial charge is 0.251 e. The van der Waals surface area contributed by atoms with E-state index in [1.165, 1.54) is 12.4 Å². The standard InChI is InChI=1S/C8H10N4O2/c9-7(13)6-4-10-8(11-5-6)12-2-1-3-14-12/h4-5H,1-3H2,(H2,9,13). The minimum atomic E-state index is -0.529. The molecule has 1 aliphatic rings. The highest BCUT2D eigenvalue weighted by Gasteiger charge is 2.16. The summed E-state index contributed by atoms with van der Waals surface area (Å²) in [6.45, 7) is 1.46. The van der Waals surface area contributed by atoms with Crippen LogP contribution in [-0.2, 0) is 4.84 Å². The number of hydroxylamine groups is 1. The first-order chi connectivity index (χ1) is 6.77. The molecule has 14 heavy (non-hydrogen) atoms. The molecule has 1 fully saturated rings. The molecular formula is C8H10N4O2. The Morgan fingerprint density at radius 1 is 1.50 bits per heavy atom. The molecule has 0 unspecified atom stereocenters. The number of nitrogens with two attached hydrogens (primary N) is 1. The predicted octanol–water partition coefficient (Wildman–Crippen LogP) is -0.283. The zero-order valence-corrected chi connectivity index (χ0v) is 7.51. The number of anilines is 1. The van der Waals surface area contributed by atoms with Gasteiger partial charge >= 0.3 is 0 Å². The van der Waals surface area contributed by atoms with Gasteiger partial charge in [0.25, 0.3) is 5.91 Å². The van der Waals surface area contributed by atoms with Gasteiger partial charge in [0.15, 0.2) is 0 Å². The third kappa shape index (κ3) is 1.64. The molecule has 0 atom stereocenters. The number of carbonyl (C=O) groups excluding carboxylic acids is 1.